The largest absolute Gasteiger partial charge is 0.476 e. The van der Waals surface area contributed by atoms with Crippen LogP contribution in [0.15, 0.2) is 16.8 Å². The van der Waals surface area contributed by atoms with E-state index in [9.17, 15) is 4.79 Å². The van der Waals surface area contributed by atoms with Crippen molar-refractivity contribution in [3.05, 3.63) is 27.5 Å². The van der Waals surface area contributed by atoms with Gasteiger partial charge in [0.2, 0.25) is 0 Å². The summed E-state index contributed by atoms with van der Waals surface area (Å²) in [6.45, 7) is 0. The van der Waals surface area contributed by atoms with Gasteiger partial charge in [-0.25, -0.2) is 9.78 Å². The minimum atomic E-state index is -1.00. The van der Waals surface area contributed by atoms with Gasteiger partial charge in [-0.1, -0.05) is 11.6 Å². The van der Waals surface area contributed by atoms with Gasteiger partial charge in [-0.05, 0) is 6.07 Å². The van der Waals surface area contributed by atoms with E-state index < -0.39 is 5.97 Å². The highest BCUT2D eigenvalue weighted by molar-refractivity contribution is 7.20. The molecule has 0 aliphatic heterocycles. The maximum atomic E-state index is 10.6. The molecule has 1 N–H and O–H groups in total. The molecular formula is C8H4ClNO2S2. The van der Waals surface area contributed by atoms with Gasteiger partial charge in [0, 0.05) is 10.8 Å². The second kappa shape index (κ2) is 3.68. The lowest BCUT2D eigenvalue weighted by molar-refractivity contribution is 0.0691. The molecule has 0 spiro atoms. The zero-order valence-corrected chi connectivity index (χ0v) is 9.12. The Kier molecular flexibility index (Phi) is 2.54. The number of carboxylic acid groups (broad SMARTS) is 1. The van der Waals surface area contributed by atoms with E-state index in [1.165, 1.54) is 28.1 Å². The van der Waals surface area contributed by atoms with Crippen LogP contribution in [0.5, 0.6) is 0 Å². The van der Waals surface area contributed by atoms with Gasteiger partial charge >= 0.3 is 5.97 Å². The number of nitrogens with zero attached hydrogens (tertiary/aromatic N) is 1. The number of halogens is 1. The summed E-state index contributed by atoms with van der Waals surface area (Å²) in [6.07, 6.45) is 0. The van der Waals surface area contributed by atoms with Gasteiger partial charge in [0.15, 0.2) is 5.69 Å². The zero-order valence-electron chi connectivity index (χ0n) is 6.73. The number of hydrogen-bond acceptors (Lipinski definition) is 4. The van der Waals surface area contributed by atoms with Gasteiger partial charge in [0.1, 0.15) is 5.01 Å². The van der Waals surface area contributed by atoms with Crippen molar-refractivity contribution in [3.63, 3.8) is 0 Å². The highest BCUT2D eigenvalue weighted by atomic mass is 35.5. The Morgan fingerprint density at radius 3 is 2.71 bits per heavy atom. The first-order valence-electron chi connectivity index (χ1n) is 3.60. The molecule has 14 heavy (non-hydrogen) atoms. The Labute approximate surface area is 92.6 Å². The van der Waals surface area contributed by atoms with Crippen molar-refractivity contribution in [1.82, 2.24) is 4.98 Å². The number of carboxylic acids is 1. The first-order chi connectivity index (χ1) is 6.66. The van der Waals surface area contributed by atoms with E-state index in [0.717, 1.165) is 4.88 Å². The molecule has 72 valence electrons. The fraction of sp³-hybridized carbons (Fsp3) is 0. The van der Waals surface area contributed by atoms with Crippen LogP contribution < -0.4 is 0 Å². The van der Waals surface area contributed by atoms with Crippen LogP contribution in [0.1, 0.15) is 10.5 Å². The second-order valence-electron chi connectivity index (χ2n) is 2.47. The average Bonchev–Trinajstić information content (AvgIpc) is 2.70. The third-order valence-corrected chi connectivity index (χ3v) is 3.79. The molecule has 0 aromatic carbocycles. The normalized spacial score (nSPS) is 10.4. The van der Waals surface area contributed by atoms with E-state index in [0.29, 0.717) is 10.0 Å². The van der Waals surface area contributed by atoms with E-state index in [2.05, 4.69) is 4.98 Å². The molecule has 0 unspecified atom stereocenters. The third kappa shape index (κ3) is 1.79. The van der Waals surface area contributed by atoms with E-state index in [1.807, 2.05) is 0 Å². The summed E-state index contributed by atoms with van der Waals surface area (Å²) in [4.78, 5) is 15.4. The molecule has 0 aliphatic rings. The van der Waals surface area contributed by atoms with Gasteiger partial charge in [0.25, 0.3) is 0 Å². The number of thiazole rings is 1. The monoisotopic (exact) mass is 245 g/mol. The molecule has 0 saturated carbocycles. The highest BCUT2D eigenvalue weighted by Crippen LogP contribution is 2.31. The topological polar surface area (TPSA) is 50.2 Å². The predicted molar refractivity (Wildman–Crippen MR) is 57.4 cm³/mol. The first-order valence-corrected chi connectivity index (χ1v) is 5.74. The smallest absolute Gasteiger partial charge is 0.355 e. The Hall–Kier alpha value is -0.910. The molecule has 0 aliphatic carbocycles. The quantitative estimate of drug-likeness (QED) is 0.884. The number of aromatic carboxylic acids is 1. The molecule has 2 heterocycles. The van der Waals surface area contributed by atoms with Crippen molar-refractivity contribution in [1.29, 1.82) is 0 Å². The van der Waals surface area contributed by atoms with Crippen LogP contribution in [0.4, 0.5) is 0 Å². The van der Waals surface area contributed by atoms with Crippen molar-refractivity contribution in [2.75, 3.05) is 0 Å². The first kappa shape index (κ1) is 9.64. The molecule has 2 aromatic heterocycles. The van der Waals surface area contributed by atoms with Gasteiger partial charge in [-0.3, -0.25) is 0 Å². The SMILES string of the molecule is O=C(O)c1csc(-c2cc(Cl)cs2)n1. The standard InChI is InChI=1S/C8H4ClNO2S2/c9-4-1-6(13-2-4)7-10-5(3-14-7)8(11)12/h1-3H,(H,11,12). The van der Waals surface area contributed by atoms with Crippen molar-refractivity contribution in [2.45, 2.75) is 0 Å². The maximum absolute atomic E-state index is 10.6. The van der Waals surface area contributed by atoms with E-state index in [1.54, 1.807) is 11.4 Å². The van der Waals surface area contributed by atoms with Crippen LogP contribution in [0.2, 0.25) is 5.02 Å². The fourth-order valence-electron chi connectivity index (χ4n) is 0.910. The van der Waals surface area contributed by atoms with Crippen molar-refractivity contribution >= 4 is 40.2 Å². The Morgan fingerprint density at radius 1 is 1.43 bits per heavy atom. The molecule has 3 nitrogen and oxygen atoms in total. The van der Waals surface area contributed by atoms with Gasteiger partial charge < -0.3 is 5.11 Å². The van der Waals surface area contributed by atoms with E-state index in [4.69, 9.17) is 16.7 Å². The summed E-state index contributed by atoms with van der Waals surface area (Å²) in [6, 6.07) is 1.77. The van der Waals surface area contributed by atoms with Crippen LogP contribution in [-0.4, -0.2) is 16.1 Å². The summed E-state index contributed by atoms with van der Waals surface area (Å²) < 4.78 is 0. The van der Waals surface area contributed by atoms with Crippen LogP contribution in [0.25, 0.3) is 9.88 Å². The minimum Gasteiger partial charge on any atom is -0.476 e. The summed E-state index contributed by atoms with van der Waals surface area (Å²) in [7, 11) is 0. The minimum absolute atomic E-state index is 0.0783. The van der Waals surface area contributed by atoms with Gasteiger partial charge in [-0.15, -0.1) is 22.7 Å². The van der Waals surface area contributed by atoms with Crippen molar-refractivity contribution in [3.8, 4) is 9.88 Å². The molecular weight excluding hydrogens is 242 g/mol. The molecule has 6 heteroatoms. The third-order valence-electron chi connectivity index (χ3n) is 1.50. The number of rotatable bonds is 2. The van der Waals surface area contributed by atoms with E-state index >= 15 is 0 Å². The molecule has 2 rings (SSSR count). The number of thiophene rings is 1. The number of hydrogen-bond donors (Lipinski definition) is 1. The maximum Gasteiger partial charge on any atom is 0.355 e. The molecule has 0 saturated heterocycles. The molecule has 0 fully saturated rings. The lowest BCUT2D eigenvalue weighted by Gasteiger charge is -1.86. The highest BCUT2D eigenvalue weighted by Gasteiger charge is 2.11. The molecule has 0 bridgehead atoms. The Balaban J connectivity index is 2.38. The summed E-state index contributed by atoms with van der Waals surface area (Å²) in [5.74, 6) is -1.00. The molecule has 0 amide bonds. The Bertz CT molecular complexity index is 477. The van der Waals surface area contributed by atoms with Crippen LogP contribution in [0.3, 0.4) is 0 Å². The average molecular weight is 246 g/mol. The number of aromatic nitrogens is 1. The van der Waals surface area contributed by atoms with Crippen LogP contribution in [0, 0.1) is 0 Å². The van der Waals surface area contributed by atoms with Gasteiger partial charge in [-0.2, -0.15) is 0 Å². The molecule has 0 radical (unpaired) electrons. The second-order valence-corrected chi connectivity index (χ2v) is 4.68. The predicted octanol–water partition coefficient (Wildman–Crippen LogP) is 3.22. The number of carbonyl (C=O) groups is 1. The molecule has 2 aromatic rings. The lowest BCUT2D eigenvalue weighted by atomic mass is 10.4. The lowest BCUT2D eigenvalue weighted by Crippen LogP contribution is -1.95. The van der Waals surface area contributed by atoms with E-state index in [-0.39, 0.29) is 5.69 Å². The van der Waals surface area contributed by atoms with Crippen LogP contribution in [-0.2, 0) is 0 Å². The van der Waals surface area contributed by atoms with Gasteiger partial charge in [0.05, 0.1) is 9.90 Å². The summed E-state index contributed by atoms with van der Waals surface area (Å²) >= 11 is 8.51. The summed E-state index contributed by atoms with van der Waals surface area (Å²) in [5.41, 5.74) is 0.0783. The zero-order chi connectivity index (χ0) is 10.1. The van der Waals surface area contributed by atoms with Crippen molar-refractivity contribution < 1.29 is 9.90 Å². The Morgan fingerprint density at radius 2 is 2.21 bits per heavy atom. The summed E-state index contributed by atoms with van der Waals surface area (Å²) in [5, 5.41) is 13.3. The fourth-order valence-corrected chi connectivity index (χ4v) is 2.86. The van der Waals surface area contributed by atoms with Crippen LogP contribution >= 0.6 is 34.3 Å². The molecule has 0 atom stereocenters. The van der Waals surface area contributed by atoms with Crippen molar-refractivity contribution in [2.24, 2.45) is 0 Å².